The largest absolute Gasteiger partial charge is 0.471 e. The van der Waals surface area contributed by atoms with Crippen LogP contribution in [0.3, 0.4) is 0 Å². The van der Waals surface area contributed by atoms with E-state index in [0.717, 1.165) is 4.83 Å². The minimum absolute atomic E-state index is 0.201. The number of hydrogen-bond acceptors (Lipinski definition) is 5. The molecule has 92 valence electrons. The number of rotatable bonds is 5. The van der Waals surface area contributed by atoms with E-state index in [0.29, 0.717) is 17.9 Å². The van der Waals surface area contributed by atoms with E-state index in [1.807, 2.05) is 12.3 Å². The number of aromatic nitrogens is 2. The maximum atomic E-state index is 12.1. The van der Waals surface area contributed by atoms with E-state index in [1.165, 1.54) is 11.3 Å². The summed E-state index contributed by atoms with van der Waals surface area (Å²) in [6, 6.07) is 1.76. The average molecular weight is 259 g/mol. The molecular formula is C10H11F2N3OS. The number of alkyl halides is 2. The maximum Gasteiger partial charge on any atom is 0.272 e. The van der Waals surface area contributed by atoms with Crippen LogP contribution in [0, 0.1) is 0 Å². The number of hydrogen-bond donors (Lipinski definition) is 1. The molecule has 17 heavy (non-hydrogen) atoms. The topological polar surface area (TPSA) is 47.0 Å². The van der Waals surface area contributed by atoms with Crippen LogP contribution in [0.1, 0.15) is 6.92 Å². The SMILES string of the molecule is CCNc1nc(OCC(F)F)c2ccsc2n1. The molecule has 0 saturated carbocycles. The fraction of sp³-hybridized carbons (Fsp3) is 0.400. The van der Waals surface area contributed by atoms with E-state index in [-0.39, 0.29) is 5.88 Å². The fourth-order valence-electron chi connectivity index (χ4n) is 1.32. The van der Waals surface area contributed by atoms with E-state index < -0.39 is 13.0 Å². The summed E-state index contributed by atoms with van der Waals surface area (Å²) in [6.07, 6.45) is -2.51. The lowest BCUT2D eigenvalue weighted by atomic mass is 10.4. The number of fused-ring (bicyclic) bond motifs is 1. The molecule has 2 aromatic rings. The van der Waals surface area contributed by atoms with Crippen molar-refractivity contribution in [3.8, 4) is 5.88 Å². The molecular weight excluding hydrogens is 248 g/mol. The van der Waals surface area contributed by atoms with Gasteiger partial charge in [0.05, 0.1) is 5.39 Å². The Bertz CT molecular complexity index is 503. The molecule has 0 aliphatic rings. The van der Waals surface area contributed by atoms with Crippen LogP contribution in [0.4, 0.5) is 14.7 Å². The molecule has 0 unspecified atom stereocenters. The van der Waals surface area contributed by atoms with Crippen LogP contribution >= 0.6 is 11.3 Å². The summed E-state index contributed by atoms with van der Waals surface area (Å²) in [5, 5.41) is 5.42. The Balaban J connectivity index is 2.32. The summed E-state index contributed by atoms with van der Waals surface area (Å²) in [5.74, 6) is 0.596. The highest BCUT2D eigenvalue weighted by molar-refractivity contribution is 7.16. The van der Waals surface area contributed by atoms with Gasteiger partial charge in [-0.25, -0.2) is 13.8 Å². The Hall–Kier alpha value is -1.50. The second kappa shape index (κ2) is 5.22. The van der Waals surface area contributed by atoms with Crippen LogP contribution in [0.25, 0.3) is 10.2 Å². The van der Waals surface area contributed by atoms with E-state index in [2.05, 4.69) is 15.3 Å². The van der Waals surface area contributed by atoms with Crippen molar-refractivity contribution in [2.75, 3.05) is 18.5 Å². The lowest BCUT2D eigenvalue weighted by molar-refractivity contribution is 0.0805. The summed E-state index contributed by atoms with van der Waals surface area (Å²) < 4.78 is 29.2. The van der Waals surface area contributed by atoms with Crippen molar-refractivity contribution in [3.05, 3.63) is 11.4 Å². The number of halogens is 2. The Kier molecular flexibility index (Phi) is 3.68. The van der Waals surface area contributed by atoms with Crippen molar-refractivity contribution in [2.24, 2.45) is 0 Å². The number of anilines is 1. The third kappa shape index (κ3) is 2.79. The van der Waals surface area contributed by atoms with Crippen molar-refractivity contribution in [2.45, 2.75) is 13.3 Å². The van der Waals surface area contributed by atoms with E-state index in [4.69, 9.17) is 4.74 Å². The van der Waals surface area contributed by atoms with Gasteiger partial charge in [-0.1, -0.05) is 0 Å². The molecule has 0 aliphatic heterocycles. The van der Waals surface area contributed by atoms with E-state index >= 15 is 0 Å². The van der Waals surface area contributed by atoms with Gasteiger partial charge in [0.25, 0.3) is 6.43 Å². The van der Waals surface area contributed by atoms with E-state index in [9.17, 15) is 8.78 Å². The Labute approximate surface area is 101 Å². The summed E-state index contributed by atoms with van der Waals surface area (Å²) >= 11 is 1.42. The van der Waals surface area contributed by atoms with Crippen molar-refractivity contribution in [1.82, 2.24) is 9.97 Å². The van der Waals surface area contributed by atoms with Crippen molar-refractivity contribution in [1.29, 1.82) is 0 Å². The minimum atomic E-state index is -2.51. The highest BCUT2D eigenvalue weighted by Gasteiger charge is 2.12. The summed E-state index contributed by atoms with van der Waals surface area (Å²) in [6.45, 7) is 1.90. The molecule has 0 atom stereocenters. The van der Waals surface area contributed by atoms with Crippen molar-refractivity contribution >= 4 is 27.5 Å². The maximum absolute atomic E-state index is 12.1. The predicted molar refractivity (Wildman–Crippen MR) is 63.1 cm³/mol. The molecule has 0 amide bonds. The third-order valence-corrected chi connectivity index (χ3v) is 2.78. The number of nitrogens with one attached hydrogen (secondary N) is 1. The molecule has 0 spiro atoms. The van der Waals surface area contributed by atoms with Gasteiger partial charge in [-0.05, 0) is 18.4 Å². The molecule has 7 heteroatoms. The summed E-state index contributed by atoms with van der Waals surface area (Å²) in [5.41, 5.74) is 0. The van der Waals surface area contributed by atoms with Gasteiger partial charge >= 0.3 is 0 Å². The predicted octanol–water partition coefficient (Wildman–Crippen LogP) is 2.77. The number of ether oxygens (including phenoxy) is 1. The quantitative estimate of drug-likeness (QED) is 0.897. The molecule has 0 aromatic carbocycles. The number of thiophene rings is 1. The average Bonchev–Trinajstić information content (AvgIpc) is 2.74. The van der Waals surface area contributed by atoms with Gasteiger partial charge in [-0.3, -0.25) is 0 Å². The molecule has 0 fully saturated rings. The van der Waals surface area contributed by atoms with Crippen LogP contribution in [0.2, 0.25) is 0 Å². The van der Waals surface area contributed by atoms with E-state index in [1.54, 1.807) is 6.07 Å². The van der Waals surface area contributed by atoms with Crippen LogP contribution in [-0.4, -0.2) is 29.5 Å². The summed E-state index contributed by atoms with van der Waals surface area (Å²) in [7, 11) is 0. The molecule has 0 radical (unpaired) electrons. The lowest BCUT2D eigenvalue weighted by Crippen LogP contribution is -2.10. The zero-order chi connectivity index (χ0) is 12.3. The Morgan fingerprint density at radius 1 is 1.47 bits per heavy atom. The number of nitrogens with zero attached hydrogens (tertiary/aromatic N) is 2. The molecule has 0 bridgehead atoms. The molecule has 2 rings (SSSR count). The van der Waals surface area contributed by atoms with Crippen molar-refractivity contribution < 1.29 is 13.5 Å². The monoisotopic (exact) mass is 259 g/mol. The van der Waals surface area contributed by atoms with Gasteiger partial charge in [-0.15, -0.1) is 11.3 Å². The third-order valence-electron chi connectivity index (χ3n) is 1.97. The normalized spacial score (nSPS) is 11.1. The molecule has 0 saturated heterocycles. The molecule has 2 heterocycles. The molecule has 1 N–H and O–H groups in total. The van der Waals surface area contributed by atoms with Crippen LogP contribution in [-0.2, 0) is 0 Å². The van der Waals surface area contributed by atoms with Gasteiger partial charge in [0.2, 0.25) is 11.8 Å². The van der Waals surface area contributed by atoms with Crippen LogP contribution < -0.4 is 10.1 Å². The zero-order valence-electron chi connectivity index (χ0n) is 9.11. The highest BCUT2D eigenvalue weighted by Crippen LogP contribution is 2.28. The molecule has 0 aliphatic carbocycles. The van der Waals surface area contributed by atoms with Crippen molar-refractivity contribution in [3.63, 3.8) is 0 Å². The Morgan fingerprint density at radius 2 is 2.29 bits per heavy atom. The van der Waals surface area contributed by atoms with Gasteiger partial charge < -0.3 is 10.1 Å². The first-order valence-electron chi connectivity index (χ1n) is 5.10. The first kappa shape index (κ1) is 12.0. The lowest BCUT2D eigenvalue weighted by Gasteiger charge is -2.08. The van der Waals surface area contributed by atoms with Crippen LogP contribution in [0.15, 0.2) is 11.4 Å². The fourth-order valence-corrected chi connectivity index (χ4v) is 2.07. The second-order valence-electron chi connectivity index (χ2n) is 3.22. The van der Waals surface area contributed by atoms with Gasteiger partial charge in [0, 0.05) is 6.54 Å². The first-order valence-corrected chi connectivity index (χ1v) is 5.98. The minimum Gasteiger partial charge on any atom is -0.471 e. The van der Waals surface area contributed by atoms with Gasteiger partial charge in [0.1, 0.15) is 4.83 Å². The molecule has 4 nitrogen and oxygen atoms in total. The first-order chi connectivity index (χ1) is 8.20. The van der Waals surface area contributed by atoms with Gasteiger partial charge in [0.15, 0.2) is 6.61 Å². The second-order valence-corrected chi connectivity index (χ2v) is 4.12. The standard InChI is InChI=1S/C10H11F2N3OS/c1-2-13-10-14-8(16-5-7(11)12)6-3-4-17-9(6)15-10/h3-4,7H,2,5H2,1H3,(H,13,14,15). The molecule has 2 aromatic heterocycles. The highest BCUT2D eigenvalue weighted by atomic mass is 32.1. The van der Waals surface area contributed by atoms with Gasteiger partial charge in [-0.2, -0.15) is 4.98 Å². The Morgan fingerprint density at radius 3 is 3.00 bits per heavy atom. The summed E-state index contributed by atoms with van der Waals surface area (Å²) in [4.78, 5) is 9.03. The smallest absolute Gasteiger partial charge is 0.272 e. The van der Waals surface area contributed by atoms with Crippen LogP contribution in [0.5, 0.6) is 5.88 Å². The zero-order valence-corrected chi connectivity index (χ0v) is 9.93.